The number of alkyl halides is 2. The summed E-state index contributed by atoms with van der Waals surface area (Å²) in [6, 6.07) is 6.77. The van der Waals surface area contributed by atoms with E-state index in [1.807, 2.05) is 0 Å². The van der Waals surface area contributed by atoms with Gasteiger partial charge in [0.15, 0.2) is 0 Å². The molecule has 1 aliphatic heterocycles. The van der Waals surface area contributed by atoms with E-state index in [9.17, 15) is 8.78 Å². The molecule has 1 aromatic carbocycles. The van der Waals surface area contributed by atoms with E-state index >= 15 is 0 Å². The van der Waals surface area contributed by atoms with Gasteiger partial charge in [-0.25, -0.2) is 8.78 Å². The van der Waals surface area contributed by atoms with E-state index in [4.69, 9.17) is 5.73 Å². The zero-order valence-corrected chi connectivity index (χ0v) is 11.7. The normalized spacial score (nSPS) is 25.2. The molecule has 2 rings (SSSR count). The third-order valence-electron chi connectivity index (χ3n) is 3.84. The molecule has 1 aliphatic rings. The SMILES string of the molecule is CC(C)(C)N1CCC(N)C1c1ccc(C(F)F)cc1. The van der Waals surface area contributed by atoms with Crippen molar-refractivity contribution in [3.05, 3.63) is 35.4 Å². The molecule has 0 bridgehead atoms. The van der Waals surface area contributed by atoms with E-state index in [-0.39, 0.29) is 23.2 Å². The van der Waals surface area contributed by atoms with Gasteiger partial charge in [0.05, 0.1) is 6.04 Å². The number of nitrogens with two attached hydrogens (primary N) is 1. The van der Waals surface area contributed by atoms with Crippen LogP contribution in [0.3, 0.4) is 0 Å². The van der Waals surface area contributed by atoms with Crippen LogP contribution in [-0.2, 0) is 0 Å². The molecule has 0 saturated carbocycles. The summed E-state index contributed by atoms with van der Waals surface area (Å²) in [5.41, 5.74) is 7.33. The molecule has 2 N–H and O–H groups in total. The van der Waals surface area contributed by atoms with Gasteiger partial charge in [-0.05, 0) is 32.8 Å². The van der Waals surface area contributed by atoms with Crippen molar-refractivity contribution < 1.29 is 8.78 Å². The average Bonchev–Trinajstić information content (AvgIpc) is 2.71. The molecule has 2 atom stereocenters. The van der Waals surface area contributed by atoms with Crippen molar-refractivity contribution in [2.75, 3.05) is 6.54 Å². The molecule has 0 spiro atoms. The molecule has 0 aromatic heterocycles. The van der Waals surface area contributed by atoms with Crippen LogP contribution in [0.4, 0.5) is 8.78 Å². The Morgan fingerprint density at radius 3 is 2.26 bits per heavy atom. The minimum absolute atomic E-state index is 0.0279. The van der Waals surface area contributed by atoms with Gasteiger partial charge in [0, 0.05) is 23.7 Å². The Morgan fingerprint density at radius 1 is 1.21 bits per heavy atom. The van der Waals surface area contributed by atoms with Gasteiger partial charge in [-0.1, -0.05) is 24.3 Å². The Balaban J connectivity index is 2.28. The molecule has 0 amide bonds. The number of likely N-dealkylation sites (tertiary alicyclic amines) is 1. The van der Waals surface area contributed by atoms with E-state index in [2.05, 4.69) is 25.7 Å². The Hall–Kier alpha value is -1.00. The molecule has 4 heteroatoms. The summed E-state index contributed by atoms with van der Waals surface area (Å²) in [5, 5.41) is 0. The van der Waals surface area contributed by atoms with E-state index in [0.717, 1.165) is 18.5 Å². The highest BCUT2D eigenvalue weighted by Crippen LogP contribution is 2.37. The fraction of sp³-hybridized carbons (Fsp3) is 0.600. The Labute approximate surface area is 113 Å². The lowest BCUT2D eigenvalue weighted by Crippen LogP contribution is -2.43. The van der Waals surface area contributed by atoms with E-state index in [1.165, 1.54) is 12.1 Å². The number of rotatable bonds is 2. The predicted octanol–water partition coefficient (Wildman–Crippen LogP) is 3.50. The van der Waals surface area contributed by atoms with Crippen LogP contribution >= 0.6 is 0 Å². The molecule has 2 unspecified atom stereocenters. The van der Waals surface area contributed by atoms with Gasteiger partial charge in [0.2, 0.25) is 0 Å². The van der Waals surface area contributed by atoms with Crippen LogP contribution in [0.2, 0.25) is 0 Å². The molecule has 2 nitrogen and oxygen atoms in total. The molecule has 1 fully saturated rings. The third-order valence-corrected chi connectivity index (χ3v) is 3.84. The molecular formula is C15H22F2N2. The lowest BCUT2D eigenvalue weighted by molar-refractivity contribution is 0.117. The van der Waals surface area contributed by atoms with Gasteiger partial charge in [0.1, 0.15) is 0 Å². The second-order valence-corrected chi connectivity index (χ2v) is 6.23. The van der Waals surface area contributed by atoms with Crippen LogP contribution in [0.15, 0.2) is 24.3 Å². The fourth-order valence-corrected chi connectivity index (χ4v) is 2.83. The van der Waals surface area contributed by atoms with Crippen LogP contribution in [0.1, 0.15) is 50.8 Å². The monoisotopic (exact) mass is 268 g/mol. The fourth-order valence-electron chi connectivity index (χ4n) is 2.83. The maximum atomic E-state index is 12.6. The highest BCUT2D eigenvalue weighted by molar-refractivity contribution is 5.28. The van der Waals surface area contributed by atoms with Gasteiger partial charge in [0.25, 0.3) is 6.43 Å². The van der Waals surface area contributed by atoms with Crippen molar-refractivity contribution in [2.45, 2.75) is 51.2 Å². The topological polar surface area (TPSA) is 29.3 Å². The number of benzene rings is 1. The number of hydrogen-bond donors (Lipinski definition) is 1. The smallest absolute Gasteiger partial charge is 0.263 e. The van der Waals surface area contributed by atoms with Gasteiger partial charge >= 0.3 is 0 Å². The first kappa shape index (κ1) is 14.4. The van der Waals surface area contributed by atoms with Gasteiger partial charge in [-0.2, -0.15) is 0 Å². The lowest BCUT2D eigenvalue weighted by Gasteiger charge is -2.38. The minimum Gasteiger partial charge on any atom is -0.326 e. The summed E-state index contributed by atoms with van der Waals surface area (Å²) in [7, 11) is 0. The first-order valence-electron chi connectivity index (χ1n) is 6.71. The quantitative estimate of drug-likeness (QED) is 0.889. The summed E-state index contributed by atoms with van der Waals surface area (Å²) in [4.78, 5) is 2.36. The average molecular weight is 268 g/mol. The third kappa shape index (κ3) is 2.95. The van der Waals surface area contributed by atoms with E-state index < -0.39 is 6.43 Å². The largest absolute Gasteiger partial charge is 0.326 e. The molecule has 1 heterocycles. The number of nitrogens with zero attached hydrogens (tertiary/aromatic N) is 1. The summed E-state index contributed by atoms with van der Waals surface area (Å²) in [6.45, 7) is 7.43. The first-order valence-corrected chi connectivity index (χ1v) is 6.71. The predicted molar refractivity (Wildman–Crippen MR) is 73.2 cm³/mol. The molecule has 1 aromatic rings. The Bertz CT molecular complexity index is 423. The van der Waals surface area contributed by atoms with E-state index in [1.54, 1.807) is 12.1 Å². The van der Waals surface area contributed by atoms with Gasteiger partial charge in [-0.3, -0.25) is 4.90 Å². The van der Waals surface area contributed by atoms with E-state index in [0.29, 0.717) is 0 Å². The zero-order chi connectivity index (χ0) is 14.2. The Kier molecular flexibility index (Phi) is 3.92. The second kappa shape index (κ2) is 5.17. The summed E-state index contributed by atoms with van der Waals surface area (Å²) in [5.74, 6) is 0. The highest BCUT2D eigenvalue weighted by atomic mass is 19.3. The highest BCUT2D eigenvalue weighted by Gasteiger charge is 2.38. The minimum atomic E-state index is -2.41. The maximum absolute atomic E-state index is 12.6. The van der Waals surface area contributed by atoms with Crippen LogP contribution in [0, 0.1) is 0 Å². The number of halogens is 2. The van der Waals surface area contributed by atoms with Crippen molar-refractivity contribution in [3.8, 4) is 0 Å². The van der Waals surface area contributed by atoms with Crippen LogP contribution in [-0.4, -0.2) is 23.0 Å². The summed E-state index contributed by atoms with van der Waals surface area (Å²) >= 11 is 0. The van der Waals surface area contributed by atoms with Gasteiger partial charge < -0.3 is 5.73 Å². The van der Waals surface area contributed by atoms with Crippen molar-refractivity contribution >= 4 is 0 Å². The van der Waals surface area contributed by atoms with Crippen LogP contribution in [0.5, 0.6) is 0 Å². The zero-order valence-electron chi connectivity index (χ0n) is 11.7. The standard InChI is InChI=1S/C15H22F2N2/c1-15(2,3)19-9-8-12(18)13(19)10-4-6-11(7-5-10)14(16)17/h4-7,12-14H,8-9,18H2,1-3H3. The van der Waals surface area contributed by atoms with Crippen molar-refractivity contribution in [1.29, 1.82) is 0 Å². The maximum Gasteiger partial charge on any atom is 0.263 e. The van der Waals surface area contributed by atoms with Crippen molar-refractivity contribution in [3.63, 3.8) is 0 Å². The molecule has 1 saturated heterocycles. The molecule has 19 heavy (non-hydrogen) atoms. The molecule has 106 valence electrons. The Morgan fingerprint density at radius 2 is 1.79 bits per heavy atom. The van der Waals surface area contributed by atoms with Crippen molar-refractivity contribution in [1.82, 2.24) is 4.90 Å². The lowest BCUT2D eigenvalue weighted by atomic mass is 9.96. The molecular weight excluding hydrogens is 246 g/mol. The summed E-state index contributed by atoms with van der Waals surface area (Å²) < 4.78 is 25.2. The van der Waals surface area contributed by atoms with Gasteiger partial charge in [-0.15, -0.1) is 0 Å². The van der Waals surface area contributed by atoms with Crippen LogP contribution in [0.25, 0.3) is 0 Å². The first-order chi connectivity index (χ1) is 8.80. The second-order valence-electron chi connectivity index (χ2n) is 6.23. The molecule has 0 radical (unpaired) electrons. The number of hydrogen-bond acceptors (Lipinski definition) is 2. The molecule has 0 aliphatic carbocycles. The van der Waals surface area contributed by atoms with Crippen molar-refractivity contribution in [2.24, 2.45) is 5.73 Å². The van der Waals surface area contributed by atoms with Crippen LogP contribution < -0.4 is 5.73 Å². The summed E-state index contributed by atoms with van der Waals surface area (Å²) in [6.07, 6.45) is -1.47.